The van der Waals surface area contributed by atoms with E-state index in [0.717, 1.165) is 16.9 Å². The summed E-state index contributed by atoms with van der Waals surface area (Å²) < 4.78 is 5.25. The van der Waals surface area contributed by atoms with Crippen LogP contribution in [0.25, 0.3) is 0 Å². The fraction of sp³-hybridized carbons (Fsp3) is 0.143. The highest BCUT2D eigenvalue weighted by Crippen LogP contribution is 2.28. The number of pyridine rings is 1. The molecule has 25 heavy (non-hydrogen) atoms. The smallest absolute Gasteiger partial charge is 0.144 e. The monoisotopic (exact) mass is 329 g/mol. The largest absolute Gasteiger partial charge is 0.497 e. The minimum absolute atomic E-state index is 0.117. The maximum atomic E-state index is 9.33. The highest BCUT2D eigenvalue weighted by Gasteiger charge is 2.16. The number of benzene rings is 2. The molecule has 124 valence electrons. The summed E-state index contributed by atoms with van der Waals surface area (Å²) in [6.45, 7) is 2.06. The van der Waals surface area contributed by atoms with Gasteiger partial charge in [0.1, 0.15) is 17.6 Å². The van der Waals surface area contributed by atoms with Gasteiger partial charge in [0.05, 0.1) is 18.7 Å². The molecule has 1 aromatic heterocycles. The van der Waals surface area contributed by atoms with E-state index in [1.54, 1.807) is 25.4 Å². The van der Waals surface area contributed by atoms with Crippen molar-refractivity contribution in [2.24, 2.45) is 0 Å². The quantitative estimate of drug-likeness (QED) is 0.750. The second kappa shape index (κ2) is 7.50. The Morgan fingerprint density at radius 1 is 1.00 bits per heavy atom. The summed E-state index contributed by atoms with van der Waals surface area (Å²) in [5.74, 6) is 1.38. The Morgan fingerprint density at radius 2 is 1.64 bits per heavy atom. The summed E-state index contributed by atoms with van der Waals surface area (Å²) in [6.07, 6.45) is 1.68. The number of aryl methyl sites for hydroxylation is 1. The minimum atomic E-state index is -0.117. The Bertz CT molecular complexity index is 880. The maximum Gasteiger partial charge on any atom is 0.144 e. The molecule has 0 aliphatic heterocycles. The summed E-state index contributed by atoms with van der Waals surface area (Å²) in [5, 5.41) is 12.7. The van der Waals surface area contributed by atoms with E-state index in [4.69, 9.17) is 4.74 Å². The third kappa shape index (κ3) is 3.78. The van der Waals surface area contributed by atoms with Crippen molar-refractivity contribution >= 4 is 5.82 Å². The third-order valence-corrected chi connectivity index (χ3v) is 4.07. The lowest BCUT2D eigenvalue weighted by Crippen LogP contribution is -2.14. The molecule has 0 amide bonds. The summed E-state index contributed by atoms with van der Waals surface area (Å²) in [7, 11) is 1.65. The lowest BCUT2D eigenvalue weighted by Gasteiger charge is -2.21. The number of methoxy groups -OCH3 is 1. The maximum absolute atomic E-state index is 9.33. The van der Waals surface area contributed by atoms with Crippen LogP contribution in [0.4, 0.5) is 5.82 Å². The van der Waals surface area contributed by atoms with Crippen LogP contribution in [0.1, 0.15) is 28.3 Å². The van der Waals surface area contributed by atoms with Gasteiger partial charge in [-0.1, -0.05) is 42.0 Å². The van der Waals surface area contributed by atoms with Gasteiger partial charge >= 0.3 is 0 Å². The highest BCUT2D eigenvalue weighted by atomic mass is 16.5. The molecule has 2 aromatic carbocycles. The lowest BCUT2D eigenvalue weighted by molar-refractivity contribution is 0.414. The first-order chi connectivity index (χ1) is 12.2. The van der Waals surface area contributed by atoms with Crippen molar-refractivity contribution in [3.8, 4) is 11.8 Å². The Kier molecular flexibility index (Phi) is 4.96. The molecule has 0 saturated heterocycles. The van der Waals surface area contributed by atoms with E-state index >= 15 is 0 Å². The van der Waals surface area contributed by atoms with Crippen LogP contribution in [-0.2, 0) is 0 Å². The number of rotatable bonds is 5. The average molecular weight is 329 g/mol. The van der Waals surface area contributed by atoms with Crippen LogP contribution >= 0.6 is 0 Å². The molecule has 1 heterocycles. The second-order valence-corrected chi connectivity index (χ2v) is 5.77. The first-order valence-electron chi connectivity index (χ1n) is 8.03. The van der Waals surface area contributed by atoms with E-state index in [0.29, 0.717) is 11.4 Å². The van der Waals surface area contributed by atoms with E-state index in [1.165, 1.54) is 5.56 Å². The van der Waals surface area contributed by atoms with Crippen LogP contribution in [0.15, 0.2) is 66.9 Å². The zero-order valence-electron chi connectivity index (χ0n) is 14.2. The van der Waals surface area contributed by atoms with E-state index in [-0.39, 0.29) is 6.04 Å². The fourth-order valence-corrected chi connectivity index (χ4v) is 2.66. The van der Waals surface area contributed by atoms with Crippen LogP contribution in [0, 0.1) is 18.3 Å². The molecular formula is C21H19N3O. The van der Waals surface area contributed by atoms with Crippen molar-refractivity contribution in [1.29, 1.82) is 5.26 Å². The minimum Gasteiger partial charge on any atom is -0.497 e. The van der Waals surface area contributed by atoms with Gasteiger partial charge in [0.25, 0.3) is 0 Å². The molecule has 0 fully saturated rings. The van der Waals surface area contributed by atoms with Crippen LogP contribution in [0.2, 0.25) is 0 Å². The van der Waals surface area contributed by atoms with Gasteiger partial charge in [0.15, 0.2) is 0 Å². The molecule has 0 saturated carbocycles. The van der Waals surface area contributed by atoms with Gasteiger partial charge in [-0.2, -0.15) is 5.26 Å². The molecule has 0 aliphatic carbocycles. The molecular weight excluding hydrogens is 310 g/mol. The molecule has 0 spiro atoms. The number of aromatic nitrogens is 1. The van der Waals surface area contributed by atoms with E-state index < -0.39 is 0 Å². The van der Waals surface area contributed by atoms with Crippen molar-refractivity contribution in [2.75, 3.05) is 12.4 Å². The molecule has 0 bridgehead atoms. The number of nitrogens with zero attached hydrogens (tertiary/aromatic N) is 2. The van der Waals surface area contributed by atoms with Gasteiger partial charge in [-0.05, 0) is 42.3 Å². The molecule has 0 unspecified atom stereocenters. The number of hydrogen-bond donors (Lipinski definition) is 1. The first-order valence-corrected chi connectivity index (χ1v) is 8.03. The molecule has 0 aliphatic rings. The van der Waals surface area contributed by atoms with Gasteiger partial charge in [0, 0.05) is 6.20 Å². The highest BCUT2D eigenvalue weighted by molar-refractivity contribution is 5.54. The summed E-state index contributed by atoms with van der Waals surface area (Å²) >= 11 is 0. The van der Waals surface area contributed by atoms with Gasteiger partial charge < -0.3 is 10.1 Å². The van der Waals surface area contributed by atoms with Gasteiger partial charge in [0.2, 0.25) is 0 Å². The van der Waals surface area contributed by atoms with E-state index in [2.05, 4.69) is 47.6 Å². The third-order valence-electron chi connectivity index (χ3n) is 4.07. The van der Waals surface area contributed by atoms with Gasteiger partial charge in [-0.15, -0.1) is 0 Å². The molecule has 3 rings (SSSR count). The Hall–Kier alpha value is -3.32. The zero-order chi connectivity index (χ0) is 17.6. The summed E-state index contributed by atoms with van der Waals surface area (Å²) in [6, 6.07) is 21.8. The number of hydrogen-bond acceptors (Lipinski definition) is 4. The van der Waals surface area contributed by atoms with Crippen LogP contribution < -0.4 is 10.1 Å². The molecule has 0 radical (unpaired) electrons. The van der Waals surface area contributed by atoms with Crippen molar-refractivity contribution in [3.05, 3.63) is 89.1 Å². The zero-order valence-corrected chi connectivity index (χ0v) is 14.2. The average Bonchev–Trinajstić information content (AvgIpc) is 2.67. The molecule has 1 N–H and O–H groups in total. The van der Waals surface area contributed by atoms with E-state index in [1.807, 2.05) is 24.3 Å². The Labute approximate surface area is 147 Å². The van der Waals surface area contributed by atoms with Crippen molar-refractivity contribution < 1.29 is 4.74 Å². The summed E-state index contributed by atoms with van der Waals surface area (Å²) in [5.41, 5.74) is 3.89. The van der Waals surface area contributed by atoms with Gasteiger partial charge in [-0.25, -0.2) is 4.98 Å². The van der Waals surface area contributed by atoms with Crippen molar-refractivity contribution in [3.63, 3.8) is 0 Å². The molecule has 4 heteroatoms. The predicted molar refractivity (Wildman–Crippen MR) is 98.6 cm³/mol. The normalized spacial score (nSPS) is 11.4. The summed E-state index contributed by atoms with van der Waals surface area (Å²) in [4.78, 5) is 4.33. The molecule has 1 atom stereocenters. The number of nitriles is 1. The van der Waals surface area contributed by atoms with Crippen LogP contribution in [0.3, 0.4) is 0 Å². The van der Waals surface area contributed by atoms with Crippen molar-refractivity contribution in [2.45, 2.75) is 13.0 Å². The topological polar surface area (TPSA) is 57.9 Å². The Balaban J connectivity index is 2.02. The first kappa shape index (κ1) is 16.5. The molecule has 3 aromatic rings. The van der Waals surface area contributed by atoms with E-state index in [9.17, 15) is 5.26 Å². The number of nitrogens with one attached hydrogen (secondary N) is 1. The predicted octanol–water partition coefficient (Wildman–Crippen LogP) is 4.47. The Morgan fingerprint density at radius 3 is 2.24 bits per heavy atom. The van der Waals surface area contributed by atoms with Crippen LogP contribution in [0.5, 0.6) is 5.75 Å². The van der Waals surface area contributed by atoms with Gasteiger partial charge in [-0.3, -0.25) is 0 Å². The van der Waals surface area contributed by atoms with Crippen molar-refractivity contribution in [1.82, 2.24) is 4.98 Å². The SMILES string of the molecule is COc1ccc([C@H](Nc2ncccc2C#N)c2ccc(C)cc2)cc1. The number of anilines is 1. The standard InChI is InChI=1S/C21H19N3O/c1-15-5-7-16(8-6-15)20(17-9-11-19(25-2)12-10-17)24-21-18(14-22)4-3-13-23-21/h3-13,20H,1-2H3,(H,23,24)/t20-/m1/s1. The number of ether oxygens (including phenoxy) is 1. The second-order valence-electron chi connectivity index (χ2n) is 5.77. The fourth-order valence-electron chi connectivity index (χ4n) is 2.66. The molecule has 4 nitrogen and oxygen atoms in total. The van der Waals surface area contributed by atoms with Crippen LogP contribution in [-0.4, -0.2) is 12.1 Å². The lowest BCUT2D eigenvalue weighted by atomic mass is 9.97.